The third kappa shape index (κ3) is 4.65. The third-order valence-corrected chi connectivity index (χ3v) is 7.32. The van der Waals surface area contributed by atoms with E-state index in [4.69, 9.17) is 0 Å². The molecule has 0 radical (unpaired) electrons. The molecule has 1 amide bonds. The molecule has 0 aliphatic carbocycles. The average Bonchev–Trinajstić information content (AvgIpc) is 2.91. The van der Waals surface area contributed by atoms with Gasteiger partial charge in [0.25, 0.3) is 5.91 Å². The third-order valence-electron chi connectivity index (χ3n) is 5.43. The van der Waals surface area contributed by atoms with Crippen molar-refractivity contribution >= 4 is 15.9 Å². The van der Waals surface area contributed by atoms with Crippen LogP contribution in [0.2, 0.25) is 0 Å². The molecular weight excluding hydrogens is 348 g/mol. The summed E-state index contributed by atoms with van der Waals surface area (Å²) in [5.74, 6) is -0.0418. The molecular formula is C20H30N2O3S. The van der Waals surface area contributed by atoms with Crippen LogP contribution < -0.4 is 0 Å². The smallest absolute Gasteiger partial charge is 0.253 e. The number of carbonyl (C=O) groups excluding carboxylic acids is 1. The Kier molecular flexibility index (Phi) is 6.70. The molecule has 2 heterocycles. The number of hydrogen-bond donors (Lipinski definition) is 0. The predicted molar refractivity (Wildman–Crippen MR) is 103 cm³/mol. The van der Waals surface area contributed by atoms with Gasteiger partial charge >= 0.3 is 0 Å². The maximum absolute atomic E-state index is 13.0. The van der Waals surface area contributed by atoms with Crippen LogP contribution in [0.5, 0.6) is 0 Å². The Balaban J connectivity index is 1.79. The Labute approximate surface area is 157 Å². The molecule has 0 saturated carbocycles. The van der Waals surface area contributed by atoms with Gasteiger partial charge in [0.05, 0.1) is 4.90 Å². The molecule has 3 rings (SSSR count). The van der Waals surface area contributed by atoms with Gasteiger partial charge in [0.15, 0.2) is 0 Å². The molecule has 1 aromatic carbocycles. The van der Waals surface area contributed by atoms with E-state index >= 15 is 0 Å². The summed E-state index contributed by atoms with van der Waals surface area (Å²) in [7, 11) is -3.52. The molecule has 6 heteroatoms. The van der Waals surface area contributed by atoms with E-state index in [0.717, 1.165) is 64.5 Å². The number of hydrogen-bond acceptors (Lipinski definition) is 3. The van der Waals surface area contributed by atoms with Gasteiger partial charge in [-0.2, -0.15) is 4.31 Å². The fraction of sp³-hybridized carbons (Fsp3) is 0.650. The van der Waals surface area contributed by atoms with E-state index in [0.29, 0.717) is 18.7 Å². The van der Waals surface area contributed by atoms with Gasteiger partial charge in [-0.1, -0.05) is 38.2 Å². The van der Waals surface area contributed by atoms with Gasteiger partial charge in [-0.15, -0.1) is 0 Å². The molecule has 0 atom stereocenters. The lowest BCUT2D eigenvalue weighted by Crippen LogP contribution is -2.34. The zero-order chi connectivity index (χ0) is 18.4. The molecule has 144 valence electrons. The Morgan fingerprint density at radius 2 is 1.31 bits per heavy atom. The van der Waals surface area contributed by atoms with E-state index in [1.165, 1.54) is 6.42 Å². The van der Waals surface area contributed by atoms with E-state index in [1.54, 1.807) is 28.6 Å². The monoisotopic (exact) mass is 378 g/mol. The van der Waals surface area contributed by atoms with Crippen molar-refractivity contribution in [2.24, 2.45) is 0 Å². The van der Waals surface area contributed by atoms with Crippen LogP contribution in [0.15, 0.2) is 29.2 Å². The van der Waals surface area contributed by atoms with Crippen molar-refractivity contribution in [3.05, 3.63) is 29.8 Å². The summed E-state index contributed by atoms with van der Waals surface area (Å²) >= 11 is 0. The second-order valence-corrected chi connectivity index (χ2v) is 9.34. The highest BCUT2D eigenvalue weighted by atomic mass is 32.2. The highest BCUT2D eigenvalue weighted by Crippen LogP contribution is 2.22. The van der Waals surface area contributed by atoms with Gasteiger partial charge < -0.3 is 4.90 Å². The quantitative estimate of drug-likeness (QED) is 0.806. The molecule has 5 nitrogen and oxygen atoms in total. The van der Waals surface area contributed by atoms with Crippen LogP contribution in [0.25, 0.3) is 0 Å². The Bertz CT molecular complexity index is 702. The van der Waals surface area contributed by atoms with Crippen molar-refractivity contribution in [3.8, 4) is 0 Å². The lowest BCUT2D eigenvalue weighted by Gasteiger charge is -2.25. The first-order valence-corrected chi connectivity index (χ1v) is 11.4. The zero-order valence-electron chi connectivity index (χ0n) is 15.5. The standard InChI is InChI=1S/C20H30N2O3S/c23-20(21-13-6-2-1-3-7-14-21)18-11-10-12-19(17-18)26(24,25)22-15-8-4-5-9-16-22/h10-12,17H,1-9,13-16H2. The fourth-order valence-electron chi connectivity index (χ4n) is 3.85. The number of sulfonamides is 1. The van der Waals surface area contributed by atoms with E-state index in [1.807, 2.05) is 4.90 Å². The highest BCUT2D eigenvalue weighted by molar-refractivity contribution is 7.89. The maximum Gasteiger partial charge on any atom is 0.253 e. The zero-order valence-corrected chi connectivity index (χ0v) is 16.3. The van der Waals surface area contributed by atoms with Crippen molar-refractivity contribution in [1.82, 2.24) is 9.21 Å². The number of amides is 1. The summed E-state index contributed by atoms with van der Waals surface area (Å²) in [6.45, 7) is 2.68. The van der Waals surface area contributed by atoms with Gasteiger partial charge in [0.1, 0.15) is 0 Å². The molecule has 0 aromatic heterocycles. The first-order chi connectivity index (χ1) is 12.6. The molecule has 0 unspecified atom stereocenters. The first-order valence-electron chi connectivity index (χ1n) is 9.98. The van der Waals surface area contributed by atoms with Crippen LogP contribution in [-0.2, 0) is 10.0 Å². The molecule has 0 spiro atoms. The van der Waals surface area contributed by atoms with Crippen LogP contribution in [0.1, 0.15) is 68.1 Å². The summed E-state index contributed by atoms with van der Waals surface area (Å²) in [6, 6.07) is 6.62. The summed E-state index contributed by atoms with van der Waals surface area (Å²) in [5, 5.41) is 0. The number of rotatable bonds is 3. The Morgan fingerprint density at radius 3 is 1.92 bits per heavy atom. The molecule has 2 aliphatic heterocycles. The van der Waals surface area contributed by atoms with Crippen molar-refractivity contribution in [2.75, 3.05) is 26.2 Å². The molecule has 2 fully saturated rings. The average molecular weight is 379 g/mol. The van der Waals surface area contributed by atoms with Crippen molar-refractivity contribution in [1.29, 1.82) is 0 Å². The van der Waals surface area contributed by atoms with Gasteiger partial charge in [-0.3, -0.25) is 4.79 Å². The minimum atomic E-state index is -3.52. The Hall–Kier alpha value is -1.40. The van der Waals surface area contributed by atoms with E-state index in [2.05, 4.69) is 0 Å². The second-order valence-electron chi connectivity index (χ2n) is 7.41. The molecule has 1 aromatic rings. The maximum atomic E-state index is 13.0. The van der Waals surface area contributed by atoms with Crippen LogP contribution in [0, 0.1) is 0 Å². The SMILES string of the molecule is O=C(c1cccc(S(=O)(=O)N2CCCCCC2)c1)N1CCCCCCC1. The molecule has 26 heavy (non-hydrogen) atoms. The number of carbonyl (C=O) groups is 1. The van der Waals surface area contributed by atoms with Crippen molar-refractivity contribution in [3.63, 3.8) is 0 Å². The molecule has 2 aliphatic rings. The minimum absolute atomic E-state index is 0.0418. The summed E-state index contributed by atoms with van der Waals surface area (Å²) in [4.78, 5) is 15.0. The Morgan fingerprint density at radius 1 is 0.769 bits per heavy atom. The normalized spacial score (nSPS) is 20.8. The van der Waals surface area contributed by atoms with Gasteiger partial charge in [0.2, 0.25) is 10.0 Å². The summed E-state index contributed by atoms with van der Waals surface area (Å²) < 4.78 is 27.6. The van der Waals surface area contributed by atoms with E-state index in [9.17, 15) is 13.2 Å². The van der Waals surface area contributed by atoms with E-state index in [-0.39, 0.29) is 10.8 Å². The molecule has 0 bridgehead atoms. The predicted octanol–water partition coefficient (Wildman–Crippen LogP) is 3.66. The summed E-state index contributed by atoms with van der Waals surface area (Å²) in [5.41, 5.74) is 0.487. The van der Waals surface area contributed by atoms with Crippen LogP contribution in [-0.4, -0.2) is 49.7 Å². The second kappa shape index (κ2) is 9.00. The minimum Gasteiger partial charge on any atom is -0.339 e. The molecule has 0 N–H and O–H groups in total. The topological polar surface area (TPSA) is 57.7 Å². The van der Waals surface area contributed by atoms with E-state index < -0.39 is 10.0 Å². The van der Waals surface area contributed by atoms with Crippen LogP contribution in [0.4, 0.5) is 0 Å². The number of nitrogens with zero attached hydrogens (tertiary/aromatic N) is 2. The van der Waals surface area contributed by atoms with Gasteiger partial charge in [-0.05, 0) is 43.9 Å². The van der Waals surface area contributed by atoms with Gasteiger partial charge in [-0.25, -0.2) is 8.42 Å². The molecule has 2 saturated heterocycles. The van der Waals surface area contributed by atoms with Crippen molar-refractivity contribution in [2.45, 2.75) is 62.7 Å². The summed E-state index contributed by atoms with van der Waals surface area (Å²) in [6.07, 6.45) is 9.59. The van der Waals surface area contributed by atoms with Crippen LogP contribution in [0.3, 0.4) is 0 Å². The highest BCUT2D eigenvalue weighted by Gasteiger charge is 2.26. The lowest BCUT2D eigenvalue weighted by molar-refractivity contribution is 0.0742. The fourth-order valence-corrected chi connectivity index (χ4v) is 5.42. The van der Waals surface area contributed by atoms with Crippen molar-refractivity contribution < 1.29 is 13.2 Å². The lowest BCUT2D eigenvalue weighted by atomic mass is 10.1. The number of benzene rings is 1. The number of likely N-dealkylation sites (tertiary alicyclic amines) is 1. The van der Waals surface area contributed by atoms with Gasteiger partial charge in [0, 0.05) is 31.7 Å². The van der Waals surface area contributed by atoms with Crippen LogP contribution >= 0.6 is 0 Å². The first kappa shape index (κ1) is 19.4. The largest absolute Gasteiger partial charge is 0.339 e.